The average molecular weight is 321 g/mol. The van der Waals surface area contributed by atoms with Crippen molar-refractivity contribution in [1.82, 2.24) is 10.2 Å². The molecule has 1 fully saturated rings. The smallest absolute Gasteiger partial charge is 0.324 e. The lowest BCUT2D eigenvalue weighted by Gasteiger charge is -2.13. The molecule has 0 bridgehead atoms. The lowest BCUT2D eigenvalue weighted by Crippen LogP contribution is -2.37. The Bertz CT molecular complexity index is 792. The van der Waals surface area contributed by atoms with Gasteiger partial charge in [0, 0.05) is 13.1 Å². The van der Waals surface area contributed by atoms with Crippen LogP contribution in [0.5, 0.6) is 5.75 Å². The maximum Gasteiger partial charge on any atom is 0.324 e. The van der Waals surface area contributed by atoms with Gasteiger partial charge in [-0.05, 0) is 35.4 Å². The van der Waals surface area contributed by atoms with Gasteiger partial charge in [0.05, 0.1) is 11.6 Å². The zero-order valence-corrected chi connectivity index (χ0v) is 12.9. The van der Waals surface area contributed by atoms with Gasteiger partial charge < -0.3 is 10.1 Å². The van der Waals surface area contributed by atoms with E-state index in [1.54, 1.807) is 24.3 Å². The van der Waals surface area contributed by atoms with E-state index < -0.39 is 0 Å². The summed E-state index contributed by atoms with van der Waals surface area (Å²) in [6.45, 7) is 0.673. The van der Waals surface area contributed by atoms with Crippen LogP contribution in [0.25, 0.3) is 11.1 Å². The van der Waals surface area contributed by atoms with Gasteiger partial charge in [-0.1, -0.05) is 24.3 Å². The van der Waals surface area contributed by atoms with Crippen molar-refractivity contribution in [2.45, 2.75) is 0 Å². The number of carbonyl (C=O) groups excluding carboxylic acids is 2. The highest BCUT2D eigenvalue weighted by molar-refractivity contribution is 5.96. The summed E-state index contributed by atoms with van der Waals surface area (Å²) in [7, 11) is 0. The number of ether oxygens (including phenoxy) is 1. The summed E-state index contributed by atoms with van der Waals surface area (Å²) in [5.74, 6) is 0.196. The van der Waals surface area contributed by atoms with Gasteiger partial charge in [0.15, 0.2) is 6.61 Å². The van der Waals surface area contributed by atoms with E-state index in [2.05, 4.69) is 11.4 Å². The lowest BCUT2D eigenvalue weighted by molar-refractivity contribution is -0.129. The van der Waals surface area contributed by atoms with Crippen molar-refractivity contribution in [3.8, 4) is 22.9 Å². The summed E-state index contributed by atoms with van der Waals surface area (Å²) >= 11 is 0. The first kappa shape index (κ1) is 15.6. The number of amides is 3. The fourth-order valence-corrected chi connectivity index (χ4v) is 2.41. The van der Waals surface area contributed by atoms with Crippen LogP contribution in [-0.2, 0) is 4.79 Å². The molecule has 24 heavy (non-hydrogen) atoms. The van der Waals surface area contributed by atoms with E-state index in [1.807, 2.05) is 24.3 Å². The zero-order valence-electron chi connectivity index (χ0n) is 12.9. The second-order valence-corrected chi connectivity index (χ2v) is 5.28. The highest BCUT2D eigenvalue weighted by Gasteiger charge is 2.26. The van der Waals surface area contributed by atoms with Gasteiger partial charge in [-0.2, -0.15) is 5.26 Å². The number of rotatable bonds is 4. The molecule has 0 aliphatic carbocycles. The molecule has 6 heteroatoms. The molecule has 0 aromatic heterocycles. The van der Waals surface area contributed by atoms with Gasteiger partial charge in [0.1, 0.15) is 5.75 Å². The Kier molecular flexibility index (Phi) is 4.43. The van der Waals surface area contributed by atoms with Gasteiger partial charge >= 0.3 is 6.03 Å². The molecule has 0 unspecified atom stereocenters. The molecule has 6 nitrogen and oxygen atoms in total. The van der Waals surface area contributed by atoms with Crippen LogP contribution < -0.4 is 10.1 Å². The molecule has 1 aliphatic heterocycles. The summed E-state index contributed by atoms with van der Waals surface area (Å²) in [6, 6.07) is 16.3. The molecule has 1 aliphatic rings. The number of urea groups is 1. The van der Waals surface area contributed by atoms with Crippen molar-refractivity contribution in [1.29, 1.82) is 5.26 Å². The van der Waals surface area contributed by atoms with E-state index in [0.29, 0.717) is 24.4 Å². The third-order valence-electron chi connectivity index (χ3n) is 3.72. The van der Waals surface area contributed by atoms with Crippen molar-refractivity contribution >= 4 is 11.9 Å². The van der Waals surface area contributed by atoms with Crippen LogP contribution in [0, 0.1) is 11.3 Å². The Morgan fingerprint density at radius 1 is 1.12 bits per heavy atom. The maximum atomic E-state index is 11.9. The predicted octanol–water partition coefficient (Wildman–Crippen LogP) is 2.16. The normalized spacial score (nSPS) is 13.3. The maximum absolute atomic E-state index is 11.9. The van der Waals surface area contributed by atoms with Crippen molar-refractivity contribution in [2.24, 2.45) is 0 Å². The third-order valence-corrected chi connectivity index (χ3v) is 3.72. The minimum atomic E-state index is -0.375. The molecule has 2 aromatic carbocycles. The number of benzene rings is 2. The molecule has 0 spiro atoms. The van der Waals surface area contributed by atoms with Crippen LogP contribution >= 0.6 is 0 Å². The Morgan fingerprint density at radius 2 is 1.75 bits per heavy atom. The average Bonchev–Trinajstić information content (AvgIpc) is 3.06. The third kappa shape index (κ3) is 3.36. The summed E-state index contributed by atoms with van der Waals surface area (Å²) in [5, 5.41) is 11.4. The minimum absolute atomic E-state index is 0.177. The second-order valence-electron chi connectivity index (χ2n) is 5.28. The fraction of sp³-hybridized carbons (Fsp3) is 0.167. The summed E-state index contributed by atoms with van der Waals surface area (Å²) < 4.78 is 5.44. The number of imide groups is 1. The van der Waals surface area contributed by atoms with E-state index in [9.17, 15) is 9.59 Å². The number of hydrogen-bond donors (Lipinski definition) is 1. The number of nitrogens with one attached hydrogen (secondary N) is 1. The zero-order chi connectivity index (χ0) is 16.9. The Balaban J connectivity index is 1.61. The van der Waals surface area contributed by atoms with Crippen LogP contribution in [-0.4, -0.2) is 36.5 Å². The monoisotopic (exact) mass is 321 g/mol. The van der Waals surface area contributed by atoms with E-state index in [-0.39, 0.29) is 18.5 Å². The molecular weight excluding hydrogens is 306 g/mol. The van der Waals surface area contributed by atoms with Crippen molar-refractivity contribution < 1.29 is 14.3 Å². The quantitative estimate of drug-likeness (QED) is 0.935. The fourth-order valence-electron chi connectivity index (χ4n) is 2.41. The van der Waals surface area contributed by atoms with E-state index in [4.69, 9.17) is 10.00 Å². The van der Waals surface area contributed by atoms with Gasteiger partial charge in [-0.25, -0.2) is 4.79 Å². The summed E-state index contributed by atoms with van der Waals surface area (Å²) in [5.41, 5.74) is 2.59. The lowest BCUT2D eigenvalue weighted by atomic mass is 10.0. The number of hydrogen-bond acceptors (Lipinski definition) is 4. The minimum Gasteiger partial charge on any atom is -0.484 e. The van der Waals surface area contributed by atoms with Gasteiger partial charge in [0.2, 0.25) is 0 Å². The summed E-state index contributed by atoms with van der Waals surface area (Å²) in [4.78, 5) is 24.4. The Morgan fingerprint density at radius 3 is 2.29 bits per heavy atom. The molecule has 3 amide bonds. The van der Waals surface area contributed by atoms with Crippen molar-refractivity contribution in [3.05, 3.63) is 54.1 Å². The Labute approximate surface area is 139 Å². The number of nitriles is 1. The largest absolute Gasteiger partial charge is 0.484 e. The van der Waals surface area contributed by atoms with E-state index in [1.165, 1.54) is 0 Å². The van der Waals surface area contributed by atoms with Crippen LogP contribution in [0.1, 0.15) is 5.56 Å². The SMILES string of the molecule is N#Cc1ccc(-c2ccc(OCC(=O)N3CCNC3=O)cc2)cc1. The molecule has 2 aromatic rings. The first-order valence-corrected chi connectivity index (χ1v) is 7.49. The Hall–Kier alpha value is -3.33. The topological polar surface area (TPSA) is 82.4 Å². The van der Waals surface area contributed by atoms with E-state index in [0.717, 1.165) is 16.0 Å². The van der Waals surface area contributed by atoms with Crippen LogP contribution in [0.3, 0.4) is 0 Å². The number of carbonyl (C=O) groups is 2. The first-order valence-electron chi connectivity index (χ1n) is 7.49. The first-order chi connectivity index (χ1) is 11.7. The van der Waals surface area contributed by atoms with Gasteiger partial charge in [-0.15, -0.1) is 0 Å². The molecule has 120 valence electrons. The molecule has 0 radical (unpaired) electrons. The molecular formula is C18H15N3O3. The van der Waals surface area contributed by atoms with E-state index >= 15 is 0 Å². The van der Waals surface area contributed by atoms with Crippen LogP contribution in [0.15, 0.2) is 48.5 Å². The highest BCUT2D eigenvalue weighted by atomic mass is 16.5. The van der Waals surface area contributed by atoms with Gasteiger partial charge in [0.25, 0.3) is 5.91 Å². The van der Waals surface area contributed by atoms with Gasteiger partial charge in [-0.3, -0.25) is 9.69 Å². The molecule has 0 atom stereocenters. The predicted molar refractivity (Wildman–Crippen MR) is 87.2 cm³/mol. The standard InChI is InChI=1S/C18H15N3O3/c19-11-13-1-3-14(4-2-13)15-5-7-16(8-6-15)24-12-17(22)21-10-9-20-18(21)23/h1-8H,9-10,12H2,(H,20,23). The van der Waals surface area contributed by atoms with Crippen LogP contribution in [0.4, 0.5) is 4.79 Å². The van der Waals surface area contributed by atoms with Crippen molar-refractivity contribution in [3.63, 3.8) is 0 Å². The molecule has 3 rings (SSSR count). The number of nitrogens with zero attached hydrogens (tertiary/aromatic N) is 2. The summed E-state index contributed by atoms with van der Waals surface area (Å²) in [6.07, 6.45) is 0. The molecule has 1 heterocycles. The van der Waals surface area contributed by atoms with Crippen molar-refractivity contribution in [2.75, 3.05) is 19.7 Å². The second kappa shape index (κ2) is 6.84. The highest BCUT2D eigenvalue weighted by Crippen LogP contribution is 2.22. The molecule has 1 N–H and O–H groups in total. The van der Waals surface area contributed by atoms with Crippen LogP contribution in [0.2, 0.25) is 0 Å². The molecule has 1 saturated heterocycles. The molecule has 0 saturated carbocycles.